The van der Waals surface area contributed by atoms with Gasteiger partial charge in [-0.05, 0) is 18.1 Å². The van der Waals surface area contributed by atoms with E-state index in [9.17, 15) is 8.42 Å². The number of benzene rings is 1. The van der Waals surface area contributed by atoms with Crippen molar-refractivity contribution in [1.29, 1.82) is 5.26 Å². The molecule has 0 saturated heterocycles. The molecule has 0 spiro atoms. The summed E-state index contributed by atoms with van der Waals surface area (Å²) in [6.07, 6.45) is 1.59. The molecule has 0 aliphatic heterocycles. The highest BCUT2D eigenvalue weighted by Gasteiger charge is 2.16. The van der Waals surface area contributed by atoms with E-state index in [1.807, 2.05) is 13.0 Å². The van der Waals surface area contributed by atoms with E-state index in [0.717, 1.165) is 12.0 Å². The van der Waals surface area contributed by atoms with Crippen molar-refractivity contribution in [2.45, 2.75) is 24.7 Å². The molecule has 1 aromatic rings. The third kappa shape index (κ3) is 3.05. The summed E-state index contributed by atoms with van der Waals surface area (Å²) in [5.74, 6) is 0. The van der Waals surface area contributed by atoms with Crippen molar-refractivity contribution in [2.75, 3.05) is 6.54 Å². The van der Waals surface area contributed by atoms with Crippen molar-refractivity contribution < 1.29 is 8.42 Å². The van der Waals surface area contributed by atoms with Crippen LogP contribution in [0.5, 0.6) is 0 Å². The van der Waals surface area contributed by atoms with Crippen LogP contribution in [0.15, 0.2) is 29.2 Å². The minimum absolute atomic E-state index is 0.206. The Kier molecular flexibility index (Phi) is 4.47. The van der Waals surface area contributed by atoms with Crippen LogP contribution in [0, 0.1) is 11.3 Å². The van der Waals surface area contributed by atoms with E-state index >= 15 is 0 Å². The molecule has 0 heterocycles. The monoisotopic (exact) mass is 238 g/mol. The van der Waals surface area contributed by atoms with E-state index < -0.39 is 10.0 Å². The summed E-state index contributed by atoms with van der Waals surface area (Å²) in [5, 5.41) is 8.37. The fourth-order valence-corrected chi connectivity index (χ4v) is 2.63. The standard InChI is InChI=1S/C11H14N2O2S/c1-2-5-10-6-3-4-7-11(10)16(14,15)13-9-8-12/h3-4,6-7,13H,2,5,9H2,1H3. The van der Waals surface area contributed by atoms with Crippen LogP contribution < -0.4 is 4.72 Å². The summed E-state index contributed by atoms with van der Waals surface area (Å²) in [4.78, 5) is 0.270. The van der Waals surface area contributed by atoms with Crippen molar-refractivity contribution in [1.82, 2.24) is 4.72 Å². The second kappa shape index (κ2) is 5.64. The third-order valence-corrected chi connectivity index (χ3v) is 3.62. The summed E-state index contributed by atoms with van der Waals surface area (Å²) in [6.45, 7) is 1.79. The van der Waals surface area contributed by atoms with Gasteiger partial charge in [0, 0.05) is 0 Å². The summed E-state index contributed by atoms with van der Waals surface area (Å²) >= 11 is 0. The number of hydrogen-bond acceptors (Lipinski definition) is 3. The fraction of sp³-hybridized carbons (Fsp3) is 0.364. The normalized spacial score (nSPS) is 11.0. The minimum atomic E-state index is -3.55. The second-order valence-corrected chi connectivity index (χ2v) is 5.08. The first-order valence-corrected chi connectivity index (χ1v) is 6.54. The first-order chi connectivity index (χ1) is 7.61. The Morgan fingerprint density at radius 3 is 2.69 bits per heavy atom. The maximum atomic E-state index is 11.8. The molecular weight excluding hydrogens is 224 g/mol. The van der Waals surface area contributed by atoms with E-state index in [0.29, 0.717) is 6.42 Å². The molecule has 1 aromatic carbocycles. The molecule has 0 amide bonds. The molecule has 0 saturated carbocycles. The van der Waals surface area contributed by atoms with Crippen LogP contribution >= 0.6 is 0 Å². The maximum absolute atomic E-state index is 11.8. The summed E-state index contributed by atoms with van der Waals surface area (Å²) in [6, 6.07) is 8.61. The quantitative estimate of drug-likeness (QED) is 0.789. The molecule has 1 rings (SSSR count). The third-order valence-electron chi connectivity index (χ3n) is 2.12. The van der Waals surface area contributed by atoms with Gasteiger partial charge in [-0.1, -0.05) is 31.5 Å². The van der Waals surface area contributed by atoms with Crippen LogP contribution in [0.25, 0.3) is 0 Å². The van der Waals surface area contributed by atoms with Crippen molar-refractivity contribution in [3.63, 3.8) is 0 Å². The Morgan fingerprint density at radius 2 is 2.06 bits per heavy atom. The number of aryl methyl sites for hydroxylation is 1. The van der Waals surface area contributed by atoms with Crippen molar-refractivity contribution in [3.05, 3.63) is 29.8 Å². The number of sulfonamides is 1. The number of hydrogen-bond donors (Lipinski definition) is 1. The molecule has 0 bridgehead atoms. The maximum Gasteiger partial charge on any atom is 0.241 e. The predicted molar refractivity (Wildman–Crippen MR) is 61.2 cm³/mol. The van der Waals surface area contributed by atoms with Gasteiger partial charge >= 0.3 is 0 Å². The van der Waals surface area contributed by atoms with Crippen LogP contribution in [0.2, 0.25) is 0 Å². The van der Waals surface area contributed by atoms with Gasteiger partial charge in [0.2, 0.25) is 10.0 Å². The van der Waals surface area contributed by atoms with Gasteiger partial charge in [0.1, 0.15) is 0 Å². The molecule has 5 heteroatoms. The molecule has 4 nitrogen and oxygen atoms in total. The molecule has 1 N–H and O–H groups in total. The predicted octanol–water partition coefficient (Wildman–Crippen LogP) is 1.44. The van der Waals surface area contributed by atoms with Gasteiger partial charge in [-0.3, -0.25) is 0 Å². The van der Waals surface area contributed by atoms with Crippen LogP contribution in [0.1, 0.15) is 18.9 Å². The average Bonchev–Trinajstić information content (AvgIpc) is 2.27. The highest BCUT2D eigenvalue weighted by Crippen LogP contribution is 2.16. The van der Waals surface area contributed by atoms with Crippen molar-refractivity contribution in [3.8, 4) is 6.07 Å². The van der Waals surface area contributed by atoms with Gasteiger partial charge in [0.25, 0.3) is 0 Å². The lowest BCUT2D eigenvalue weighted by molar-refractivity contribution is 0.584. The van der Waals surface area contributed by atoms with Crippen LogP contribution in [0.4, 0.5) is 0 Å². The highest BCUT2D eigenvalue weighted by molar-refractivity contribution is 7.89. The Balaban J connectivity index is 3.07. The van der Waals surface area contributed by atoms with Crippen LogP contribution in [-0.2, 0) is 16.4 Å². The average molecular weight is 238 g/mol. The summed E-state index contributed by atoms with van der Waals surface area (Å²) in [5.41, 5.74) is 0.787. The SMILES string of the molecule is CCCc1ccccc1S(=O)(=O)NCC#N. The van der Waals surface area contributed by atoms with E-state index in [4.69, 9.17) is 5.26 Å². The zero-order chi connectivity index (χ0) is 12.0. The second-order valence-electron chi connectivity index (χ2n) is 3.34. The zero-order valence-corrected chi connectivity index (χ0v) is 9.92. The zero-order valence-electron chi connectivity index (χ0n) is 9.10. The first-order valence-electron chi connectivity index (χ1n) is 5.06. The molecule has 0 radical (unpaired) electrons. The lowest BCUT2D eigenvalue weighted by atomic mass is 10.1. The lowest BCUT2D eigenvalue weighted by Crippen LogP contribution is -2.25. The Labute approximate surface area is 96.0 Å². The first kappa shape index (κ1) is 12.7. The van der Waals surface area contributed by atoms with Gasteiger partial charge in [-0.15, -0.1) is 0 Å². The molecule has 0 aromatic heterocycles. The molecule has 16 heavy (non-hydrogen) atoms. The lowest BCUT2D eigenvalue weighted by Gasteiger charge is -2.08. The van der Waals surface area contributed by atoms with E-state index in [1.54, 1.807) is 24.3 Å². The van der Waals surface area contributed by atoms with Gasteiger partial charge in [0.05, 0.1) is 17.5 Å². The van der Waals surface area contributed by atoms with Gasteiger partial charge in [-0.25, -0.2) is 8.42 Å². The number of nitrogens with one attached hydrogen (secondary N) is 1. The van der Waals surface area contributed by atoms with Crippen LogP contribution in [0.3, 0.4) is 0 Å². The summed E-state index contributed by atoms with van der Waals surface area (Å²) in [7, 11) is -3.55. The Bertz CT molecular complexity index is 489. The van der Waals surface area contributed by atoms with E-state index in [1.165, 1.54) is 0 Å². The molecule has 0 fully saturated rings. The topological polar surface area (TPSA) is 70.0 Å². The molecular formula is C11H14N2O2S. The van der Waals surface area contributed by atoms with Gasteiger partial charge in [-0.2, -0.15) is 9.98 Å². The van der Waals surface area contributed by atoms with E-state index in [2.05, 4.69) is 4.72 Å². The number of rotatable bonds is 5. The van der Waals surface area contributed by atoms with Crippen molar-refractivity contribution in [2.24, 2.45) is 0 Å². The molecule has 0 aliphatic rings. The highest BCUT2D eigenvalue weighted by atomic mass is 32.2. The Hall–Kier alpha value is -1.38. The van der Waals surface area contributed by atoms with E-state index in [-0.39, 0.29) is 11.4 Å². The fourth-order valence-electron chi connectivity index (χ4n) is 1.45. The largest absolute Gasteiger partial charge is 0.241 e. The Morgan fingerprint density at radius 1 is 1.38 bits per heavy atom. The van der Waals surface area contributed by atoms with Crippen molar-refractivity contribution >= 4 is 10.0 Å². The number of nitrogens with zero attached hydrogens (tertiary/aromatic N) is 1. The van der Waals surface area contributed by atoms with Crippen LogP contribution in [-0.4, -0.2) is 15.0 Å². The van der Waals surface area contributed by atoms with Gasteiger partial charge < -0.3 is 0 Å². The molecule has 0 aliphatic carbocycles. The molecule has 86 valence electrons. The molecule has 0 atom stereocenters. The number of nitriles is 1. The minimum Gasteiger partial charge on any atom is -0.207 e. The smallest absolute Gasteiger partial charge is 0.207 e. The summed E-state index contributed by atoms with van der Waals surface area (Å²) < 4.78 is 25.9. The van der Waals surface area contributed by atoms with Gasteiger partial charge in [0.15, 0.2) is 0 Å². The molecule has 0 unspecified atom stereocenters.